The van der Waals surface area contributed by atoms with Crippen molar-refractivity contribution in [1.29, 1.82) is 0 Å². The van der Waals surface area contributed by atoms with Crippen LogP contribution in [0.3, 0.4) is 0 Å². The van der Waals surface area contributed by atoms with Crippen LogP contribution >= 0.6 is 0 Å². The smallest absolute Gasteiger partial charge is 0.315 e. The minimum Gasteiger partial charge on any atom is -0.389 e. The second kappa shape index (κ2) is 7.96. The van der Waals surface area contributed by atoms with Crippen LogP contribution in [-0.4, -0.2) is 54.6 Å². The van der Waals surface area contributed by atoms with Crippen molar-refractivity contribution in [1.82, 2.24) is 16.0 Å². The Kier molecular flexibility index (Phi) is 6.26. The molecule has 0 bridgehead atoms. The third-order valence-corrected chi connectivity index (χ3v) is 4.22. The highest BCUT2D eigenvalue weighted by atomic mass is 16.5. The summed E-state index contributed by atoms with van der Waals surface area (Å²) in [7, 11) is 0. The first kappa shape index (κ1) is 16.5. The van der Waals surface area contributed by atoms with Crippen molar-refractivity contribution in [2.24, 2.45) is 0 Å². The summed E-state index contributed by atoms with van der Waals surface area (Å²) in [5, 5.41) is 19.3. The number of hydrogen-bond acceptors (Lipinski definition) is 4. The Labute approximate surface area is 127 Å². The fraction of sp³-hybridized carbons (Fsp3) is 0.933. The highest BCUT2D eigenvalue weighted by molar-refractivity contribution is 5.74. The van der Waals surface area contributed by atoms with E-state index in [4.69, 9.17) is 4.74 Å². The standard InChI is InChI=1S/C15H29N3O3/c1-10(2)17-15(20)16-8-13-14(19)12(9-21-13)18-11-6-4-3-5-7-11/h10-14,18-19H,3-9H2,1-2H3,(H2,16,17,20). The summed E-state index contributed by atoms with van der Waals surface area (Å²) in [5.74, 6) is 0. The van der Waals surface area contributed by atoms with Gasteiger partial charge in [0.2, 0.25) is 0 Å². The largest absolute Gasteiger partial charge is 0.389 e. The quantitative estimate of drug-likeness (QED) is 0.603. The molecule has 0 aromatic heterocycles. The molecule has 3 atom stereocenters. The van der Waals surface area contributed by atoms with Crippen LogP contribution in [0.15, 0.2) is 0 Å². The van der Waals surface area contributed by atoms with E-state index in [1.54, 1.807) is 0 Å². The Balaban J connectivity index is 1.70. The number of carbonyl (C=O) groups excluding carboxylic acids is 1. The summed E-state index contributed by atoms with van der Waals surface area (Å²) in [6.07, 6.45) is 5.32. The molecule has 1 saturated heterocycles. The minimum absolute atomic E-state index is 0.0203. The molecule has 6 heteroatoms. The van der Waals surface area contributed by atoms with Gasteiger partial charge < -0.3 is 25.8 Å². The molecule has 4 N–H and O–H groups in total. The zero-order valence-electron chi connectivity index (χ0n) is 13.1. The van der Waals surface area contributed by atoms with E-state index >= 15 is 0 Å². The summed E-state index contributed by atoms with van der Waals surface area (Å²) in [4.78, 5) is 11.5. The number of aliphatic hydroxyl groups is 1. The van der Waals surface area contributed by atoms with Gasteiger partial charge in [0, 0.05) is 18.6 Å². The van der Waals surface area contributed by atoms with Crippen molar-refractivity contribution in [3.8, 4) is 0 Å². The Morgan fingerprint density at radius 1 is 1.29 bits per heavy atom. The maximum Gasteiger partial charge on any atom is 0.315 e. The Morgan fingerprint density at radius 2 is 2.00 bits per heavy atom. The van der Waals surface area contributed by atoms with Gasteiger partial charge in [-0.15, -0.1) is 0 Å². The van der Waals surface area contributed by atoms with E-state index < -0.39 is 6.10 Å². The topological polar surface area (TPSA) is 82.6 Å². The van der Waals surface area contributed by atoms with Crippen molar-refractivity contribution < 1.29 is 14.6 Å². The van der Waals surface area contributed by atoms with Crippen LogP contribution in [0.1, 0.15) is 46.0 Å². The number of carbonyl (C=O) groups is 1. The molecule has 21 heavy (non-hydrogen) atoms. The molecule has 122 valence electrons. The summed E-state index contributed by atoms with van der Waals surface area (Å²) >= 11 is 0. The van der Waals surface area contributed by atoms with E-state index in [1.165, 1.54) is 32.1 Å². The molecule has 1 aliphatic carbocycles. The molecule has 1 saturated carbocycles. The predicted molar refractivity (Wildman–Crippen MR) is 81.2 cm³/mol. The molecule has 0 aromatic rings. The summed E-state index contributed by atoms with van der Waals surface area (Å²) in [6.45, 7) is 4.66. The van der Waals surface area contributed by atoms with E-state index in [0.29, 0.717) is 19.2 Å². The molecule has 6 nitrogen and oxygen atoms in total. The molecule has 1 aliphatic heterocycles. The van der Waals surface area contributed by atoms with Crippen LogP contribution in [0.4, 0.5) is 4.79 Å². The number of urea groups is 1. The van der Waals surface area contributed by atoms with E-state index in [9.17, 15) is 9.90 Å². The van der Waals surface area contributed by atoms with Crippen LogP contribution in [0.2, 0.25) is 0 Å². The van der Waals surface area contributed by atoms with Crippen LogP contribution < -0.4 is 16.0 Å². The molecule has 0 aromatic carbocycles. The normalized spacial score (nSPS) is 30.6. The third-order valence-electron chi connectivity index (χ3n) is 4.22. The number of nitrogens with one attached hydrogen (secondary N) is 3. The second-order valence-corrected chi connectivity index (χ2v) is 6.48. The lowest BCUT2D eigenvalue weighted by Gasteiger charge is -2.27. The average Bonchev–Trinajstić information content (AvgIpc) is 2.78. The van der Waals surface area contributed by atoms with E-state index in [1.807, 2.05) is 13.8 Å². The van der Waals surface area contributed by atoms with Gasteiger partial charge in [-0.25, -0.2) is 4.79 Å². The monoisotopic (exact) mass is 299 g/mol. The maximum absolute atomic E-state index is 11.5. The van der Waals surface area contributed by atoms with Crippen LogP contribution in [-0.2, 0) is 4.74 Å². The molecule has 0 spiro atoms. The van der Waals surface area contributed by atoms with Gasteiger partial charge in [-0.3, -0.25) is 0 Å². The maximum atomic E-state index is 11.5. The first-order chi connectivity index (χ1) is 10.1. The molecule has 1 heterocycles. The summed E-state index contributed by atoms with van der Waals surface area (Å²) in [6, 6.07) is 0.357. The highest BCUT2D eigenvalue weighted by Gasteiger charge is 2.37. The fourth-order valence-corrected chi connectivity index (χ4v) is 3.09. The molecule has 2 amide bonds. The van der Waals surface area contributed by atoms with Gasteiger partial charge in [-0.1, -0.05) is 19.3 Å². The van der Waals surface area contributed by atoms with Gasteiger partial charge in [0.1, 0.15) is 6.10 Å². The molecular weight excluding hydrogens is 270 g/mol. The van der Waals surface area contributed by atoms with E-state index in [0.717, 1.165) is 0 Å². The fourth-order valence-electron chi connectivity index (χ4n) is 3.09. The summed E-state index contributed by atoms with van der Waals surface area (Å²) < 4.78 is 5.62. The molecule has 2 aliphatic rings. The number of amides is 2. The first-order valence-corrected chi connectivity index (χ1v) is 8.16. The van der Waals surface area contributed by atoms with Gasteiger partial charge in [-0.05, 0) is 26.7 Å². The van der Waals surface area contributed by atoms with Crippen LogP contribution in [0, 0.1) is 0 Å². The zero-order chi connectivity index (χ0) is 15.2. The Hall–Kier alpha value is -0.850. The van der Waals surface area contributed by atoms with Gasteiger partial charge >= 0.3 is 6.03 Å². The molecule has 2 fully saturated rings. The van der Waals surface area contributed by atoms with Crippen molar-refractivity contribution in [3.63, 3.8) is 0 Å². The van der Waals surface area contributed by atoms with E-state index in [2.05, 4.69) is 16.0 Å². The van der Waals surface area contributed by atoms with Crippen molar-refractivity contribution >= 4 is 6.03 Å². The highest BCUT2D eigenvalue weighted by Crippen LogP contribution is 2.21. The van der Waals surface area contributed by atoms with Crippen molar-refractivity contribution in [2.75, 3.05) is 13.2 Å². The van der Waals surface area contributed by atoms with Crippen molar-refractivity contribution in [3.05, 3.63) is 0 Å². The van der Waals surface area contributed by atoms with Gasteiger partial charge in [0.15, 0.2) is 0 Å². The Morgan fingerprint density at radius 3 is 2.67 bits per heavy atom. The molecule has 3 unspecified atom stereocenters. The number of rotatable bonds is 5. The molecule has 0 radical (unpaired) electrons. The van der Waals surface area contributed by atoms with Gasteiger partial charge in [0.25, 0.3) is 0 Å². The Bertz CT molecular complexity index is 332. The lowest BCUT2D eigenvalue weighted by Crippen LogP contribution is -2.49. The predicted octanol–water partition coefficient (Wildman–Crippen LogP) is 0.745. The van der Waals surface area contributed by atoms with E-state index in [-0.39, 0.29) is 24.2 Å². The van der Waals surface area contributed by atoms with Gasteiger partial charge in [-0.2, -0.15) is 0 Å². The van der Waals surface area contributed by atoms with Crippen LogP contribution in [0.5, 0.6) is 0 Å². The van der Waals surface area contributed by atoms with Crippen molar-refractivity contribution in [2.45, 2.75) is 76.3 Å². The van der Waals surface area contributed by atoms with Crippen LogP contribution in [0.25, 0.3) is 0 Å². The number of aliphatic hydroxyl groups excluding tert-OH is 1. The number of hydrogen-bond donors (Lipinski definition) is 4. The van der Waals surface area contributed by atoms with Gasteiger partial charge in [0.05, 0.1) is 18.8 Å². The second-order valence-electron chi connectivity index (χ2n) is 6.48. The molecule has 2 rings (SSSR count). The average molecular weight is 299 g/mol. The lowest BCUT2D eigenvalue weighted by molar-refractivity contribution is 0.0420. The molecular formula is C15H29N3O3. The lowest BCUT2D eigenvalue weighted by atomic mass is 9.94. The first-order valence-electron chi connectivity index (χ1n) is 8.16. The minimum atomic E-state index is -0.564. The SMILES string of the molecule is CC(C)NC(=O)NCC1OCC(NC2CCCCC2)C1O. The summed E-state index contributed by atoms with van der Waals surface area (Å²) in [5.41, 5.74) is 0. The third kappa shape index (κ3) is 5.13. The zero-order valence-corrected chi connectivity index (χ0v) is 13.1. The number of ether oxygens (including phenoxy) is 1.